The molecule has 0 saturated heterocycles. The van der Waals surface area contributed by atoms with Gasteiger partial charge in [-0.25, -0.2) is 4.79 Å². The normalized spacial score (nSPS) is 10.1. The molecule has 0 saturated carbocycles. The van der Waals surface area contributed by atoms with Crippen LogP contribution in [0.25, 0.3) is 0 Å². The lowest BCUT2D eigenvalue weighted by molar-refractivity contribution is 0.0696. The Morgan fingerprint density at radius 3 is 2.85 bits per heavy atom. The third-order valence-electron chi connectivity index (χ3n) is 3.05. The molecule has 1 N–H and O–H groups in total. The standard InChI is InChI=1S/C14H13N3O3/c1-9-12(14(18)19)7-16-17(9)8-10-3-4-11(6-15)13(5-10)20-2/h3-5,7H,8H2,1-2H3,(H,18,19). The molecule has 0 spiro atoms. The molecular weight excluding hydrogens is 258 g/mol. The quantitative estimate of drug-likeness (QED) is 0.916. The summed E-state index contributed by atoms with van der Waals surface area (Å²) in [6.07, 6.45) is 1.33. The predicted molar refractivity (Wildman–Crippen MR) is 70.7 cm³/mol. The number of carboxylic acids is 1. The molecule has 0 atom stereocenters. The number of benzene rings is 1. The van der Waals surface area contributed by atoms with Crippen LogP contribution in [0.2, 0.25) is 0 Å². The van der Waals surface area contributed by atoms with Gasteiger partial charge in [0.25, 0.3) is 0 Å². The summed E-state index contributed by atoms with van der Waals surface area (Å²) >= 11 is 0. The van der Waals surface area contributed by atoms with Crippen molar-refractivity contribution in [3.63, 3.8) is 0 Å². The molecule has 2 rings (SSSR count). The lowest BCUT2D eigenvalue weighted by atomic mass is 10.1. The number of aromatic carboxylic acids is 1. The largest absolute Gasteiger partial charge is 0.495 e. The summed E-state index contributed by atoms with van der Waals surface area (Å²) in [6, 6.07) is 7.26. The Morgan fingerprint density at radius 2 is 2.30 bits per heavy atom. The van der Waals surface area contributed by atoms with Crippen molar-refractivity contribution in [2.24, 2.45) is 0 Å². The maximum atomic E-state index is 11.0. The smallest absolute Gasteiger partial charge is 0.339 e. The molecule has 1 heterocycles. The summed E-state index contributed by atoms with van der Waals surface area (Å²) in [5, 5.41) is 22.0. The molecule has 0 fully saturated rings. The van der Waals surface area contributed by atoms with E-state index >= 15 is 0 Å². The Kier molecular flexibility index (Phi) is 3.71. The monoisotopic (exact) mass is 271 g/mol. The van der Waals surface area contributed by atoms with Gasteiger partial charge >= 0.3 is 5.97 Å². The van der Waals surface area contributed by atoms with Gasteiger partial charge in [0, 0.05) is 0 Å². The summed E-state index contributed by atoms with van der Waals surface area (Å²) in [5.41, 5.74) is 2.11. The fourth-order valence-corrected chi connectivity index (χ4v) is 1.92. The molecule has 0 aliphatic heterocycles. The van der Waals surface area contributed by atoms with Crippen molar-refractivity contribution in [2.75, 3.05) is 7.11 Å². The minimum atomic E-state index is -0.994. The second-order valence-electron chi connectivity index (χ2n) is 4.25. The van der Waals surface area contributed by atoms with E-state index in [9.17, 15) is 4.79 Å². The van der Waals surface area contributed by atoms with E-state index in [1.54, 1.807) is 29.8 Å². The molecule has 0 radical (unpaired) electrons. The number of rotatable bonds is 4. The zero-order valence-electron chi connectivity index (χ0n) is 11.1. The second kappa shape index (κ2) is 5.45. The zero-order chi connectivity index (χ0) is 14.7. The Hall–Kier alpha value is -2.81. The number of hydrogen-bond acceptors (Lipinski definition) is 4. The Balaban J connectivity index is 2.31. The molecule has 0 bridgehead atoms. The Morgan fingerprint density at radius 1 is 1.55 bits per heavy atom. The van der Waals surface area contributed by atoms with Crippen molar-refractivity contribution in [3.8, 4) is 11.8 Å². The second-order valence-corrected chi connectivity index (χ2v) is 4.25. The van der Waals surface area contributed by atoms with Crippen LogP contribution in [0, 0.1) is 18.3 Å². The van der Waals surface area contributed by atoms with E-state index in [1.165, 1.54) is 13.3 Å². The third-order valence-corrected chi connectivity index (χ3v) is 3.05. The number of ether oxygens (including phenoxy) is 1. The van der Waals surface area contributed by atoms with Crippen molar-refractivity contribution in [3.05, 3.63) is 46.8 Å². The van der Waals surface area contributed by atoms with E-state index < -0.39 is 5.97 Å². The van der Waals surface area contributed by atoms with Gasteiger partial charge in [-0.05, 0) is 24.6 Å². The highest BCUT2D eigenvalue weighted by Gasteiger charge is 2.13. The van der Waals surface area contributed by atoms with E-state index in [2.05, 4.69) is 5.10 Å². The van der Waals surface area contributed by atoms with Gasteiger partial charge in [0.05, 0.1) is 31.1 Å². The van der Waals surface area contributed by atoms with E-state index in [1.807, 2.05) is 6.07 Å². The van der Waals surface area contributed by atoms with Crippen molar-refractivity contribution in [1.29, 1.82) is 5.26 Å². The summed E-state index contributed by atoms with van der Waals surface area (Å²) in [6.45, 7) is 2.12. The van der Waals surface area contributed by atoms with Crippen molar-refractivity contribution >= 4 is 5.97 Å². The van der Waals surface area contributed by atoms with Crippen LogP contribution in [-0.4, -0.2) is 28.0 Å². The van der Waals surface area contributed by atoms with Crippen LogP contribution in [0.5, 0.6) is 5.75 Å². The molecule has 1 aromatic carbocycles. The molecule has 1 aromatic heterocycles. The van der Waals surface area contributed by atoms with Gasteiger partial charge in [0.1, 0.15) is 17.4 Å². The predicted octanol–water partition coefficient (Wildman–Crippen LogP) is 1.82. The SMILES string of the molecule is COc1cc(Cn2ncc(C(=O)O)c2C)ccc1C#N. The van der Waals surface area contributed by atoms with Crippen molar-refractivity contribution in [1.82, 2.24) is 9.78 Å². The Bertz CT molecular complexity index is 698. The van der Waals surface area contributed by atoms with Crippen LogP contribution in [0.1, 0.15) is 27.2 Å². The third kappa shape index (κ3) is 2.47. The number of hydrogen-bond donors (Lipinski definition) is 1. The highest BCUT2D eigenvalue weighted by molar-refractivity contribution is 5.88. The molecule has 20 heavy (non-hydrogen) atoms. The van der Waals surface area contributed by atoms with E-state index in [4.69, 9.17) is 15.1 Å². The minimum Gasteiger partial charge on any atom is -0.495 e. The van der Waals surface area contributed by atoms with E-state index in [0.717, 1.165) is 5.56 Å². The van der Waals surface area contributed by atoms with E-state index in [0.29, 0.717) is 23.6 Å². The number of methoxy groups -OCH3 is 1. The summed E-state index contributed by atoms with van der Waals surface area (Å²) in [5.74, 6) is -0.501. The van der Waals surface area contributed by atoms with Crippen molar-refractivity contribution < 1.29 is 14.6 Å². The summed E-state index contributed by atoms with van der Waals surface area (Å²) in [7, 11) is 1.50. The fourth-order valence-electron chi connectivity index (χ4n) is 1.92. The number of aromatic nitrogens is 2. The van der Waals surface area contributed by atoms with Crippen LogP contribution in [0.4, 0.5) is 0 Å². The first-order valence-corrected chi connectivity index (χ1v) is 5.89. The highest BCUT2D eigenvalue weighted by Crippen LogP contribution is 2.20. The first kappa shape index (κ1) is 13.6. The molecule has 0 aliphatic rings. The van der Waals surface area contributed by atoms with Crippen molar-refractivity contribution in [2.45, 2.75) is 13.5 Å². The summed E-state index contributed by atoms with van der Waals surface area (Å²) in [4.78, 5) is 11.0. The van der Waals surface area contributed by atoms with Crippen LogP contribution in [0.15, 0.2) is 24.4 Å². The molecular formula is C14H13N3O3. The molecule has 2 aromatic rings. The van der Waals surface area contributed by atoms with Gasteiger partial charge in [0.2, 0.25) is 0 Å². The van der Waals surface area contributed by atoms with Gasteiger partial charge in [-0.3, -0.25) is 4.68 Å². The van der Waals surface area contributed by atoms with Gasteiger partial charge in [0.15, 0.2) is 0 Å². The topological polar surface area (TPSA) is 88.1 Å². The lowest BCUT2D eigenvalue weighted by Gasteiger charge is -2.08. The average Bonchev–Trinajstić information content (AvgIpc) is 2.80. The first-order valence-electron chi connectivity index (χ1n) is 5.89. The number of nitriles is 1. The highest BCUT2D eigenvalue weighted by atomic mass is 16.5. The lowest BCUT2D eigenvalue weighted by Crippen LogP contribution is -2.06. The molecule has 0 unspecified atom stereocenters. The molecule has 6 nitrogen and oxygen atoms in total. The Labute approximate surface area is 115 Å². The van der Waals surface area contributed by atoms with Gasteiger partial charge < -0.3 is 9.84 Å². The van der Waals surface area contributed by atoms with Crippen LogP contribution < -0.4 is 4.74 Å². The van der Waals surface area contributed by atoms with Crippen LogP contribution >= 0.6 is 0 Å². The number of carboxylic acid groups (broad SMARTS) is 1. The molecule has 6 heteroatoms. The maximum Gasteiger partial charge on any atom is 0.339 e. The first-order chi connectivity index (χ1) is 9.56. The average molecular weight is 271 g/mol. The van der Waals surface area contributed by atoms with Gasteiger partial charge in [-0.15, -0.1) is 0 Å². The van der Waals surface area contributed by atoms with E-state index in [-0.39, 0.29) is 5.56 Å². The number of carbonyl (C=O) groups is 1. The molecule has 102 valence electrons. The zero-order valence-corrected chi connectivity index (χ0v) is 11.1. The molecule has 0 amide bonds. The maximum absolute atomic E-state index is 11.0. The van der Waals surface area contributed by atoms with Crippen LogP contribution in [-0.2, 0) is 6.54 Å². The summed E-state index contributed by atoms with van der Waals surface area (Å²) < 4.78 is 6.74. The van der Waals surface area contributed by atoms with Crippen LogP contribution in [0.3, 0.4) is 0 Å². The minimum absolute atomic E-state index is 0.186. The van der Waals surface area contributed by atoms with Gasteiger partial charge in [-0.1, -0.05) is 6.07 Å². The number of nitrogens with zero attached hydrogens (tertiary/aromatic N) is 3. The molecule has 0 aliphatic carbocycles. The van der Waals surface area contributed by atoms with Gasteiger partial charge in [-0.2, -0.15) is 10.4 Å². The fraction of sp³-hybridized carbons (Fsp3) is 0.214.